The predicted molar refractivity (Wildman–Crippen MR) is 142 cm³/mol. The van der Waals surface area contributed by atoms with Crippen LogP contribution in [0.5, 0.6) is 11.6 Å². The molecule has 0 amide bonds. The van der Waals surface area contributed by atoms with Crippen LogP contribution in [0.15, 0.2) is 48.9 Å². The molecule has 4 rings (SSSR count). The van der Waals surface area contributed by atoms with Crippen LogP contribution in [-0.4, -0.2) is 65.5 Å². The van der Waals surface area contributed by atoms with Crippen molar-refractivity contribution in [3.63, 3.8) is 0 Å². The van der Waals surface area contributed by atoms with Gasteiger partial charge < -0.3 is 23.5 Å². The van der Waals surface area contributed by atoms with Gasteiger partial charge in [0.25, 0.3) is 5.95 Å². The van der Waals surface area contributed by atoms with Crippen LogP contribution in [0, 0.1) is 0 Å². The SMILES string of the molecule is CCOC(=O)c1cnn(-c2nc(OCOCC[Si](C)(C)C)c3c(ccn3Cc3ccc(OC)cc3)n2)c1. The van der Waals surface area contributed by atoms with Crippen molar-refractivity contribution in [2.45, 2.75) is 39.2 Å². The number of ether oxygens (including phenoxy) is 4. The number of methoxy groups -OCH3 is 1. The summed E-state index contributed by atoms with van der Waals surface area (Å²) in [6.45, 7) is 10.2. The average Bonchev–Trinajstić information content (AvgIpc) is 3.52. The van der Waals surface area contributed by atoms with Gasteiger partial charge in [-0.2, -0.15) is 10.1 Å². The zero-order chi connectivity index (χ0) is 26.4. The molecule has 0 N–H and O–H groups in total. The topological polar surface area (TPSA) is 103 Å². The number of hydrogen-bond donors (Lipinski definition) is 0. The quantitative estimate of drug-likeness (QED) is 0.115. The van der Waals surface area contributed by atoms with Crippen molar-refractivity contribution in [1.82, 2.24) is 24.3 Å². The largest absolute Gasteiger partial charge is 0.497 e. The lowest BCUT2D eigenvalue weighted by Gasteiger charge is -2.16. The van der Waals surface area contributed by atoms with Gasteiger partial charge in [-0.15, -0.1) is 0 Å². The minimum atomic E-state index is -1.21. The summed E-state index contributed by atoms with van der Waals surface area (Å²) in [6, 6.07) is 10.8. The van der Waals surface area contributed by atoms with Crippen LogP contribution in [-0.2, 0) is 16.0 Å². The fourth-order valence-corrected chi connectivity index (χ4v) is 4.37. The lowest BCUT2D eigenvalue weighted by molar-refractivity contribution is 0.0200. The lowest BCUT2D eigenvalue weighted by atomic mass is 10.2. The van der Waals surface area contributed by atoms with Crippen LogP contribution < -0.4 is 9.47 Å². The summed E-state index contributed by atoms with van der Waals surface area (Å²) in [5.74, 6) is 1.00. The number of benzene rings is 1. The number of esters is 1. The van der Waals surface area contributed by atoms with Crippen molar-refractivity contribution >= 4 is 25.1 Å². The normalized spacial score (nSPS) is 11.6. The summed E-state index contributed by atoms with van der Waals surface area (Å²) in [5.41, 5.74) is 2.83. The van der Waals surface area contributed by atoms with Gasteiger partial charge in [0.2, 0.25) is 5.88 Å². The van der Waals surface area contributed by atoms with Crippen molar-refractivity contribution in [3.05, 3.63) is 60.0 Å². The summed E-state index contributed by atoms with van der Waals surface area (Å²) < 4.78 is 25.6. The maximum Gasteiger partial charge on any atom is 0.341 e. The Morgan fingerprint density at radius 3 is 2.57 bits per heavy atom. The van der Waals surface area contributed by atoms with Crippen LogP contribution >= 0.6 is 0 Å². The van der Waals surface area contributed by atoms with Gasteiger partial charge in [-0.25, -0.2) is 14.5 Å². The van der Waals surface area contributed by atoms with Crippen LogP contribution in [0.2, 0.25) is 25.7 Å². The van der Waals surface area contributed by atoms with E-state index in [0.29, 0.717) is 30.1 Å². The zero-order valence-electron chi connectivity index (χ0n) is 21.9. The van der Waals surface area contributed by atoms with E-state index in [2.05, 4.69) is 34.7 Å². The molecular weight excluding hydrogens is 490 g/mol. The Morgan fingerprint density at radius 1 is 1.08 bits per heavy atom. The van der Waals surface area contributed by atoms with Crippen LogP contribution in [0.3, 0.4) is 0 Å². The first-order valence-corrected chi connectivity index (χ1v) is 15.9. The summed E-state index contributed by atoms with van der Waals surface area (Å²) in [6.07, 6.45) is 4.92. The first kappa shape index (κ1) is 26.4. The Kier molecular flexibility index (Phi) is 8.24. The molecule has 37 heavy (non-hydrogen) atoms. The third-order valence-corrected chi connectivity index (χ3v) is 7.36. The second kappa shape index (κ2) is 11.6. The maximum absolute atomic E-state index is 12.1. The highest BCUT2D eigenvalue weighted by molar-refractivity contribution is 6.76. The first-order chi connectivity index (χ1) is 17.8. The highest BCUT2D eigenvalue weighted by Gasteiger charge is 2.18. The number of carbonyl (C=O) groups is 1. The number of fused-ring (bicyclic) bond motifs is 1. The van der Waals surface area contributed by atoms with Gasteiger partial charge in [0.15, 0.2) is 6.79 Å². The van der Waals surface area contributed by atoms with Crippen molar-refractivity contribution in [2.75, 3.05) is 27.1 Å². The number of carbonyl (C=O) groups excluding carboxylic acids is 1. The lowest BCUT2D eigenvalue weighted by Crippen LogP contribution is -2.22. The number of rotatable bonds is 12. The predicted octanol–water partition coefficient (Wildman–Crippen LogP) is 4.54. The van der Waals surface area contributed by atoms with Crippen LogP contribution in [0.1, 0.15) is 22.8 Å². The molecule has 196 valence electrons. The molecule has 4 aromatic rings. The van der Waals surface area contributed by atoms with E-state index in [9.17, 15) is 4.79 Å². The molecule has 0 aliphatic carbocycles. The fraction of sp³-hybridized carbons (Fsp3) is 0.385. The van der Waals surface area contributed by atoms with E-state index in [-0.39, 0.29) is 19.3 Å². The summed E-state index contributed by atoms with van der Waals surface area (Å²) in [4.78, 5) is 21.4. The Morgan fingerprint density at radius 2 is 1.86 bits per heavy atom. The maximum atomic E-state index is 12.1. The molecular formula is C26H33N5O5Si. The van der Waals surface area contributed by atoms with Gasteiger partial charge in [0, 0.05) is 33.6 Å². The molecule has 1 aromatic carbocycles. The molecule has 0 radical (unpaired) electrons. The summed E-state index contributed by atoms with van der Waals surface area (Å²) >= 11 is 0. The fourth-order valence-electron chi connectivity index (χ4n) is 3.61. The zero-order valence-corrected chi connectivity index (χ0v) is 22.9. The summed E-state index contributed by atoms with van der Waals surface area (Å²) in [5, 5.41) is 4.26. The molecule has 0 atom stereocenters. The Labute approximate surface area is 217 Å². The molecule has 0 aliphatic heterocycles. The molecule has 0 unspecified atom stereocenters. The number of nitrogens with zero attached hydrogens (tertiary/aromatic N) is 5. The highest BCUT2D eigenvalue weighted by atomic mass is 28.3. The molecule has 0 saturated heterocycles. The minimum Gasteiger partial charge on any atom is -0.497 e. The van der Waals surface area contributed by atoms with Crippen molar-refractivity contribution < 1.29 is 23.7 Å². The van der Waals surface area contributed by atoms with E-state index in [1.165, 1.54) is 10.9 Å². The van der Waals surface area contributed by atoms with Gasteiger partial charge >= 0.3 is 5.97 Å². The number of hydrogen-bond acceptors (Lipinski definition) is 8. The van der Waals surface area contributed by atoms with Crippen molar-refractivity contribution in [3.8, 4) is 17.6 Å². The highest BCUT2D eigenvalue weighted by Crippen LogP contribution is 2.26. The molecule has 11 heteroatoms. The van der Waals surface area contributed by atoms with E-state index in [1.54, 1.807) is 20.2 Å². The van der Waals surface area contributed by atoms with E-state index in [1.807, 2.05) is 41.1 Å². The van der Waals surface area contributed by atoms with Crippen molar-refractivity contribution in [2.24, 2.45) is 0 Å². The molecule has 0 aliphatic rings. The summed E-state index contributed by atoms with van der Waals surface area (Å²) in [7, 11) is 0.434. The number of aromatic nitrogens is 5. The molecule has 0 spiro atoms. The Hall–Kier alpha value is -3.70. The van der Waals surface area contributed by atoms with E-state index in [0.717, 1.165) is 22.9 Å². The molecule has 0 fully saturated rings. The van der Waals surface area contributed by atoms with Crippen molar-refractivity contribution in [1.29, 1.82) is 0 Å². The van der Waals surface area contributed by atoms with Gasteiger partial charge in [-0.1, -0.05) is 31.8 Å². The van der Waals surface area contributed by atoms with Gasteiger partial charge in [0.05, 0.1) is 31.0 Å². The van der Waals surface area contributed by atoms with Crippen LogP contribution in [0.25, 0.3) is 17.0 Å². The average molecular weight is 524 g/mol. The monoisotopic (exact) mass is 523 g/mol. The van der Waals surface area contributed by atoms with Gasteiger partial charge in [-0.05, 0) is 36.7 Å². The molecule has 10 nitrogen and oxygen atoms in total. The molecule has 3 aromatic heterocycles. The molecule has 0 bridgehead atoms. The van der Waals surface area contributed by atoms with E-state index >= 15 is 0 Å². The van der Waals surface area contributed by atoms with E-state index in [4.69, 9.17) is 18.9 Å². The molecule has 3 heterocycles. The third kappa shape index (κ3) is 6.74. The minimum absolute atomic E-state index is 0.0664. The van der Waals surface area contributed by atoms with Gasteiger partial charge in [0.1, 0.15) is 11.3 Å². The second-order valence-electron chi connectivity index (χ2n) is 9.73. The first-order valence-electron chi connectivity index (χ1n) is 12.2. The van der Waals surface area contributed by atoms with E-state index < -0.39 is 14.0 Å². The van der Waals surface area contributed by atoms with Gasteiger partial charge in [-0.3, -0.25) is 0 Å². The standard InChI is InChI=1S/C26H33N5O5Si/c1-6-35-25(32)20-15-27-31(17-20)26-28-22-11-12-30(16-19-7-9-21(33-2)10-8-19)23(22)24(29-26)36-18-34-13-14-37(3,4)5/h7-12,15,17H,6,13-14,16,18H2,1-5H3. The second-order valence-corrected chi connectivity index (χ2v) is 15.4. The third-order valence-electron chi connectivity index (χ3n) is 5.65. The van der Waals surface area contributed by atoms with Crippen LogP contribution in [0.4, 0.5) is 0 Å². The Balaban J connectivity index is 1.63. The smallest absolute Gasteiger partial charge is 0.341 e. The Bertz CT molecular complexity index is 1340. The molecule has 0 saturated carbocycles.